The summed E-state index contributed by atoms with van der Waals surface area (Å²) in [4.78, 5) is 19.6. The third-order valence-electron chi connectivity index (χ3n) is 4.69. The Kier molecular flexibility index (Phi) is 6.35. The number of fused-ring (bicyclic) bond motifs is 1. The van der Waals surface area contributed by atoms with E-state index < -0.39 is 0 Å². The summed E-state index contributed by atoms with van der Waals surface area (Å²) >= 11 is 6.42. The number of nitrogens with zero attached hydrogens (tertiary/aromatic N) is 3. The first-order valence-corrected chi connectivity index (χ1v) is 10.0. The SMILES string of the molecule is CCCN(CCC)C(=O)Cc1c(-c2ccc(F)cc2)nc2c(Cl)cc(C)cn12. The molecule has 28 heavy (non-hydrogen) atoms. The highest BCUT2D eigenvalue weighted by Gasteiger charge is 2.21. The Morgan fingerprint density at radius 3 is 2.43 bits per heavy atom. The number of hydrogen-bond acceptors (Lipinski definition) is 2. The van der Waals surface area contributed by atoms with Crippen LogP contribution in [0.4, 0.5) is 4.39 Å². The molecule has 0 unspecified atom stereocenters. The van der Waals surface area contributed by atoms with Crippen LogP contribution in [0.5, 0.6) is 0 Å². The van der Waals surface area contributed by atoms with E-state index in [4.69, 9.17) is 16.6 Å². The number of carbonyl (C=O) groups is 1. The van der Waals surface area contributed by atoms with Crippen LogP contribution in [-0.4, -0.2) is 33.3 Å². The average molecular weight is 402 g/mol. The molecule has 0 aliphatic heterocycles. The predicted molar refractivity (Wildman–Crippen MR) is 111 cm³/mol. The van der Waals surface area contributed by atoms with E-state index in [1.165, 1.54) is 12.1 Å². The summed E-state index contributed by atoms with van der Waals surface area (Å²) in [7, 11) is 0. The zero-order valence-electron chi connectivity index (χ0n) is 16.5. The molecule has 0 spiro atoms. The number of imidazole rings is 1. The van der Waals surface area contributed by atoms with Crippen LogP contribution in [0.3, 0.4) is 0 Å². The van der Waals surface area contributed by atoms with Crippen molar-refractivity contribution < 1.29 is 9.18 Å². The molecule has 0 bridgehead atoms. The van der Waals surface area contributed by atoms with Crippen molar-refractivity contribution in [3.05, 3.63) is 58.6 Å². The van der Waals surface area contributed by atoms with Gasteiger partial charge in [0.1, 0.15) is 5.82 Å². The molecule has 0 saturated heterocycles. The monoisotopic (exact) mass is 401 g/mol. The maximum Gasteiger partial charge on any atom is 0.228 e. The van der Waals surface area contributed by atoms with E-state index in [9.17, 15) is 9.18 Å². The first kappa shape index (κ1) is 20.3. The minimum absolute atomic E-state index is 0.0616. The molecule has 0 atom stereocenters. The second kappa shape index (κ2) is 8.74. The van der Waals surface area contributed by atoms with Crippen LogP contribution in [0.1, 0.15) is 37.9 Å². The quantitative estimate of drug-likeness (QED) is 0.539. The topological polar surface area (TPSA) is 37.6 Å². The molecule has 0 radical (unpaired) electrons. The summed E-state index contributed by atoms with van der Waals surface area (Å²) in [5.74, 6) is -0.248. The van der Waals surface area contributed by atoms with E-state index in [1.54, 1.807) is 12.1 Å². The molecule has 3 rings (SSSR count). The fourth-order valence-corrected chi connectivity index (χ4v) is 3.75. The lowest BCUT2D eigenvalue weighted by Crippen LogP contribution is -2.34. The van der Waals surface area contributed by atoms with Crippen LogP contribution in [0.15, 0.2) is 36.5 Å². The molecule has 0 fully saturated rings. The third-order valence-corrected chi connectivity index (χ3v) is 4.97. The lowest BCUT2D eigenvalue weighted by atomic mass is 10.1. The van der Waals surface area contributed by atoms with Crippen LogP contribution < -0.4 is 0 Å². The van der Waals surface area contributed by atoms with Crippen LogP contribution in [0, 0.1) is 12.7 Å². The zero-order valence-corrected chi connectivity index (χ0v) is 17.3. The minimum atomic E-state index is -0.309. The molecule has 0 aliphatic rings. The predicted octanol–water partition coefficient (Wildman–Crippen LogP) is 5.29. The maximum atomic E-state index is 13.4. The van der Waals surface area contributed by atoms with Crippen LogP contribution in [0.25, 0.3) is 16.9 Å². The van der Waals surface area contributed by atoms with E-state index in [0.29, 0.717) is 16.4 Å². The molecule has 2 heterocycles. The highest BCUT2D eigenvalue weighted by Crippen LogP contribution is 2.29. The van der Waals surface area contributed by atoms with E-state index in [-0.39, 0.29) is 18.1 Å². The van der Waals surface area contributed by atoms with Gasteiger partial charge in [0, 0.05) is 24.8 Å². The lowest BCUT2D eigenvalue weighted by molar-refractivity contribution is -0.130. The molecule has 1 aromatic carbocycles. The molecular weight excluding hydrogens is 377 g/mol. The Morgan fingerprint density at radius 2 is 1.82 bits per heavy atom. The van der Waals surface area contributed by atoms with Gasteiger partial charge in [0.15, 0.2) is 5.65 Å². The number of benzene rings is 1. The second-order valence-corrected chi connectivity index (χ2v) is 7.44. The largest absolute Gasteiger partial charge is 0.342 e. The number of rotatable bonds is 7. The molecule has 4 nitrogen and oxygen atoms in total. The summed E-state index contributed by atoms with van der Waals surface area (Å²) in [6.45, 7) is 7.55. The Labute approximate surface area is 170 Å². The first-order valence-electron chi connectivity index (χ1n) is 9.65. The van der Waals surface area contributed by atoms with Gasteiger partial charge in [-0.05, 0) is 55.7 Å². The van der Waals surface area contributed by atoms with Gasteiger partial charge in [-0.3, -0.25) is 4.79 Å². The standard InChI is InChI=1S/C22H25ClFN3O/c1-4-10-26(11-5-2)20(28)13-19-21(16-6-8-17(24)9-7-16)25-22-18(23)12-15(3)14-27(19)22/h6-9,12,14H,4-5,10-11,13H2,1-3H3. The number of aryl methyl sites for hydroxylation is 1. The highest BCUT2D eigenvalue weighted by molar-refractivity contribution is 6.33. The molecule has 2 aromatic heterocycles. The Bertz CT molecular complexity index is 976. The van der Waals surface area contributed by atoms with Gasteiger partial charge in [-0.25, -0.2) is 9.37 Å². The van der Waals surface area contributed by atoms with Gasteiger partial charge in [0.05, 0.1) is 22.8 Å². The number of pyridine rings is 1. The Morgan fingerprint density at radius 1 is 1.18 bits per heavy atom. The normalized spacial score (nSPS) is 11.2. The molecule has 6 heteroatoms. The minimum Gasteiger partial charge on any atom is -0.342 e. The van der Waals surface area contributed by atoms with Gasteiger partial charge in [0.25, 0.3) is 0 Å². The number of hydrogen-bond donors (Lipinski definition) is 0. The van der Waals surface area contributed by atoms with Crippen molar-refractivity contribution in [3.8, 4) is 11.3 Å². The van der Waals surface area contributed by atoms with Crippen molar-refractivity contribution in [1.82, 2.24) is 14.3 Å². The van der Waals surface area contributed by atoms with Crippen molar-refractivity contribution in [1.29, 1.82) is 0 Å². The van der Waals surface area contributed by atoms with Gasteiger partial charge in [-0.15, -0.1) is 0 Å². The van der Waals surface area contributed by atoms with Crippen molar-refractivity contribution in [2.24, 2.45) is 0 Å². The summed E-state index contributed by atoms with van der Waals surface area (Å²) < 4.78 is 15.3. The Hall–Kier alpha value is -2.40. The van der Waals surface area contributed by atoms with Crippen LogP contribution in [-0.2, 0) is 11.2 Å². The third kappa shape index (κ3) is 4.20. The average Bonchev–Trinajstić information content (AvgIpc) is 3.01. The zero-order chi connectivity index (χ0) is 20.3. The van der Waals surface area contributed by atoms with Gasteiger partial charge >= 0.3 is 0 Å². The lowest BCUT2D eigenvalue weighted by Gasteiger charge is -2.21. The summed E-state index contributed by atoms with van der Waals surface area (Å²) in [6, 6.07) is 8.02. The smallest absolute Gasteiger partial charge is 0.228 e. The second-order valence-electron chi connectivity index (χ2n) is 7.03. The van der Waals surface area contributed by atoms with Crippen molar-refractivity contribution in [3.63, 3.8) is 0 Å². The van der Waals surface area contributed by atoms with E-state index >= 15 is 0 Å². The summed E-state index contributed by atoms with van der Waals surface area (Å²) in [5.41, 5.74) is 3.78. The van der Waals surface area contributed by atoms with E-state index in [1.807, 2.05) is 28.5 Å². The Balaban J connectivity index is 2.11. The fraction of sp³-hybridized carbons (Fsp3) is 0.364. The number of halogens is 2. The molecule has 148 valence electrons. The van der Waals surface area contributed by atoms with Gasteiger partial charge in [-0.2, -0.15) is 0 Å². The van der Waals surface area contributed by atoms with Crippen molar-refractivity contribution in [2.45, 2.75) is 40.0 Å². The maximum absolute atomic E-state index is 13.4. The fourth-order valence-electron chi connectivity index (χ4n) is 3.44. The molecule has 1 amide bonds. The number of aromatic nitrogens is 2. The van der Waals surface area contributed by atoms with E-state index in [2.05, 4.69) is 13.8 Å². The number of amides is 1. The molecule has 3 aromatic rings. The first-order chi connectivity index (χ1) is 13.4. The van der Waals surface area contributed by atoms with Gasteiger partial charge in [0.2, 0.25) is 5.91 Å². The van der Waals surface area contributed by atoms with Gasteiger partial charge in [-0.1, -0.05) is 25.4 Å². The van der Waals surface area contributed by atoms with Crippen molar-refractivity contribution >= 4 is 23.2 Å². The summed E-state index contributed by atoms with van der Waals surface area (Å²) in [6.07, 6.45) is 3.98. The molecular formula is C22H25ClFN3O. The molecule has 0 aliphatic carbocycles. The summed E-state index contributed by atoms with van der Waals surface area (Å²) in [5, 5.41) is 0.529. The number of carbonyl (C=O) groups excluding carboxylic acids is 1. The van der Waals surface area contributed by atoms with Gasteiger partial charge < -0.3 is 9.30 Å². The van der Waals surface area contributed by atoms with Crippen LogP contribution >= 0.6 is 11.6 Å². The van der Waals surface area contributed by atoms with Crippen LogP contribution in [0.2, 0.25) is 5.02 Å². The van der Waals surface area contributed by atoms with Crippen molar-refractivity contribution in [2.75, 3.05) is 13.1 Å². The molecule has 0 saturated carbocycles. The highest BCUT2D eigenvalue weighted by atomic mass is 35.5. The van der Waals surface area contributed by atoms with E-state index in [0.717, 1.165) is 42.8 Å². The molecule has 0 N–H and O–H groups in total.